The van der Waals surface area contributed by atoms with Crippen LogP contribution in [-0.4, -0.2) is 32.1 Å². The smallest absolute Gasteiger partial charge is 0.299 e. The van der Waals surface area contributed by atoms with Crippen molar-refractivity contribution in [2.24, 2.45) is 4.99 Å². The molecule has 2 aromatic rings. The molecule has 13 heteroatoms. The van der Waals surface area contributed by atoms with Gasteiger partial charge in [0.15, 0.2) is 10.4 Å². The largest absolute Gasteiger partial charge is 0.319 e. The fraction of sp³-hybridized carbons (Fsp3) is 0.0625. The number of amides is 2. The van der Waals surface area contributed by atoms with Crippen molar-refractivity contribution in [2.75, 3.05) is 5.32 Å². The lowest BCUT2D eigenvalue weighted by molar-refractivity contribution is -0.393. The zero-order valence-corrected chi connectivity index (χ0v) is 15.8. The van der Waals surface area contributed by atoms with E-state index in [0.29, 0.717) is 10.7 Å². The van der Waals surface area contributed by atoms with Crippen LogP contribution in [0.5, 0.6) is 0 Å². The van der Waals surface area contributed by atoms with Crippen LogP contribution in [0.1, 0.15) is 0 Å². The quantitative estimate of drug-likeness (QED) is 0.415. The van der Waals surface area contributed by atoms with E-state index >= 15 is 0 Å². The molecule has 29 heavy (non-hydrogen) atoms. The summed E-state index contributed by atoms with van der Waals surface area (Å²) in [5.74, 6) is -1.50. The number of carbonyl (C=O) groups excluding carboxylic acids is 2. The summed E-state index contributed by atoms with van der Waals surface area (Å²) in [5, 5.41) is 25.9. The molecule has 2 amide bonds. The Balaban J connectivity index is 1.80. The molecule has 2 aromatic carbocycles. The number of nitro benzene ring substituents is 2. The van der Waals surface area contributed by atoms with Gasteiger partial charge in [0, 0.05) is 6.07 Å². The van der Waals surface area contributed by atoms with E-state index in [2.05, 4.69) is 15.6 Å². The third-order valence-electron chi connectivity index (χ3n) is 3.66. The van der Waals surface area contributed by atoms with E-state index in [1.165, 1.54) is 0 Å². The summed E-state index contributed by atoms with van der Waals surface area (Å²) in [4.78, 5) is 49.0. The van der Waals surface area contributed by atoms with Gasteiger partial charge in [-0.05, 0) is 18.2 Å². The average molecular weight is 436 g/mol. The Hall–Kier alpha value is -3.51. The number of nitro groups is 2. The molecule has 0 spiro atoms. The van der Waals surface area contributed by atoms with Gasteiger partial charge >= 0.3 is 0 Å². The molecule has 1 aliphatic rings. The molecule has 11 nitrogen and oxygen atoms in total. The van der Waals surface area contributed by atoms with Crippen molar-refractivity contribution in [3.63, 3.8) is 0 Å². The summed E-state index contributed by atoms with van der Waals surface area (Å²) >= 11 is 6.82. The minimum Gasteiger partial charge on any atom is -0.319 e. The van der Waals surface area contributed by atoms with E-state index in [-0.39, 0.29) is 10.9 Å². The molecule has 0 aromatic heterocycles. The van der Waals surface area contributed by atoms with E-state index in [0.717, 1.165) is 30.0 Å². The number of amidine groups is 1. The van der Waals surface area contributed by atoms with E-state index in [1.807, 2.05) is 0 Å². The number of aliphatic imine (C=N–C) groups is 1. The first kappa shape index (κ1) is 20.2. The highest BCUT2D eigenvalue weighted by Gasteiger charge is 2.37. The molecule has 1 aliphatic heterocycles. The molecule has 1 saturated heterocycles. The lowest BCUT2D eigenvalue weighted by Crippen LogP contribution is -2.34. The maximum Gasteiger partial charge on any atom is 0.299 e. The molecule has 1 unspecified atom stereocenters. The number of non-ortho nitro benzene ring substituents is 1. The van der Waals surface area contributed by atoms with Crippen molar-refractivity contribution in [3.8, 4) is 0 Å². The molecule has 148 valence electrons. The highest BCUT2D eigenvalue weighted by molar-refractivity contribution is 8.16. The van der Waals surface area contributed by atoms with Gasteiger partial charge in [0.2, 0.25) is 11.8 Å². The first-order valence-corrected chi connectivity index (χ1v) is 9.06. The van der Waals surface area contributed by atoms with Crippen molar-refractivity contribution in [1.29, 1.82) is 0 Å². The van der Waals surface area contributed by atoms with Crippen LogP contribution in [0.3, 0.4) is 0 Å². The highest BCUT2D eigenvalue weighted by atomic mass is 35.5. The topological polar surface area (TPSA) is 157 Å². The lowest BCUT2D eigenvalue weighted by Gasteiger charge is -2.08. The second-order valence-electron chi connectivity index (χ2n) is 5.56. The Kier molecular flexibility index (Phi) is 5.75. The molecule has 0 aliphatic carbocycles. The standard InChI is InChI=1S/C16H10ClN5O6S/c17-9-3-1-2-4-10(9)19-16-20-15(24)13(29-16)14(23)18-11-6-5-8(21(25)26)7-12(11)22(27)28/h1-7,13H,(H,18,23)(H,19,20,24). The van der Waals surface area contributed by atoms with E-state index < -0.39 is 38.3 Å². The number of para-hydroxylation sites is 1. The average Bonchev–Trinajstić information content (AvgIpc) is 3.04. The minimum absolute atomic E-state index is 0.140. The Labute approximate surface area is 171 Å². The number of halogens is 1. The number of carbonyl (C=O) groups is 2. The highest BCUT2D eigenvalue weighted by Crippen LogP contribution is 2.31. The second-order valence-corrected chi connectivity index (χ2v) is 7.06. The summed E-state index contributed by atoms with van der Waals surface area (Å²) in [6.07, 6.45) is 0. The van der Waals surface area contributed by atoms with Gasteiger partial charge in [-0.1, -0.05) is 35.5 Å². The summed E-state index contributed by atoms with van der Waals surface area (Å²) in [6, 6.07) is 9.40. The van der Waals surface area contributed by atoms with Gasteiger partial charge in [0.1, 0.15) is 5.69 Å². The number of thioether (sulfide) groups is 1. The van der Waals surface area contributed by atoms with Gasteiger partial charge in [-0.15, -0.1) is 0 Å². The maximum atomic E-state index is 12.5. The number of benzene rings is 2. The first-order chi connectivity index (χ1) is 13.8. The molecule has 3 rings (SSSR count). The van der Waals surface area contributed by atoms with Crippen molar-refractivity contribution in [1.82, 2.24) is 5.32 Å². The van der Waals surface area contributed by atoms with E-state index in [1.54, 1.807) is 24.3 Å². The van der Waals surface area contributed by atoms with Crippen LogP contribution in [-0.2, 0) is 9.59 Å². The molecule has 0 bridgehead atoms. The van der Waals surface area contributed by atoms with Crippen LogP contribution in [0.2, 0.25) is 5.02 Å². The molecule has 1 heterocycles. The maximum absolute atomic E-state index is 12.5. The Morgan fingerprint density at radius 2 is 1.90 bits per heavy atom. The molecule has 0 radical (unpaired) electrons. The Morgan fingerprint density at radius 1 is 1.17 bits per heavy atom. The fourth-order valence-corrected chi connectivity index (χ4v) is 3.38. The van der Waals surface area contributed by atoms with Crippen LogP contribution < -0.4 is 10.6 Å². The van der Waals surface area contributed by atoms with Crippen LogP contribution >= 0.6 is 23.4 Å². The Bertz CT molecular complexity index is 1080. The van der Waals surface area contributed by atoms with Crippen LogP contribution in [0.15, 0.2) is 47.5 Å². The third kappa shape index (κ3) is 4.50. The number of hydrogen-bond acceptors (Lipinski definition) is 8. The zero-order chi connectivity index (χ0) is 21.1. The summed E-state index contributed by atoms with van der Waals surface area (Å²) in [7, 11) is 0. The third-order valence-corrected chi connectivity index (χ3v) is 5.06. The molecule has 0 saturated carbocycles. The van der Waals surface area contributed by atoms with Gasteiger partial charge in [0.25, 0.3) is 11.4 Å². The summed E-state index contributed by atoms with van der Waals surface area (Å²) in [5.41, 5.74) is -1.04. The zero-order valence-electron chi connectivity index (χ0n) is 14.2. The summed E-state index contributed by atoms with van der Waals surface area (Å²) < 4.78 is 0. The van der Waals surface area contributed by atoms with E-state index in [9.17, 15) is 29.8 Å². The number of nitrogens with one attached hydrogen (secondary N) is 2. The SMILES string of the molecule is O=C1NC(=Nc2ccccc2Cl)SC1C(=O)Nc1ccc([N+](=O)[O-])cc1[N+](=O)[O-]. The second kappa shape index (κ2) is 8.24. The van der Waals surface area contributed by atoms with Gasteiger partial charge < -0.3 is 10.6 Å². The van der Waals surface area contributed by atoms with Crippen LogP contribution in [0, 0.1) is 20.2 Å². The fourth-order valence-electron chi connectivity index (χ4n) is 2.33. The molecule has 1 atom stereocenters. The van der Waals surface area contributed by atoms with Crippen LogP contribution in [0.25, 0.3) is 0 Å². The number of nitrogens with zero attached hydrogens (tertiary/aromatic N) is 3. The minimum atomic E-state index is -1.26. The predicted octanol–water partition coefficient (Wildman–Crippen LogP) is 3.01. The molecule has 1 fully saturated rings. The van der Waals surface area contributed by atoms with Crippen molar-refractivity contribution < 1.29 is 19.4 Å². The van der Waals surface area contributed by atoms with Crippen molar-refractivity contribution >= 4 is 63.1 Å². The summed E-state index contributed by atoms with van der Waals surface area (Å²) in [6.45, 7) is 0. The molecule has 2 N–H and O–H groups in total. The van der Waals surface area contributed by atoms with Gasteiger partial charge in [0.05, 0.1) is 26.6 Å². The molecular formula is C16H10ClN5O6S. The van der Waals surface area contributed by atoms with Crippen molar-refractivity contribution in [3.05, 3.63) is 67.7 Å². The number of rotatable bonds is 5. The van der Waals surface area contributed by atoms with Gasteiger partial charge in [-0.3, -0.25) is 29.8 Å². The van der Waals surface area contributed by atoms with Crippen molar-refractivity contribution in [2.45, 2.75) is 5.25 Å². The number of hydrogen-bond donors (Lipinski definition) is 2. The first-order valence-electron chi connectivity index (χ1n) is 7.80. The molecular weight excluding hydrogens is 426 g/mol. The lowest BCUT2D eigenvalue weighted by atomic mass is 10.2. The number of anilines is 1. The van der Waals surface area contributed by atoms with Gasteiger partial charge in [-0.2, -0.15) is 0 Å². The van der Waals surface area contributed by atoms with Crippen LogP contribution in [0.4, 0.5) is 22.7 Å². The predicted molar refractivity (Wildman–Crippen MR) is 106 cm³/mol. The monoisotopic (exact) mass is 435 g/mol. The van der Waals surface area contributed by atoms with Gasteiger partial charge in [-0.25, -0.2) is 4.99 Å². The van der Waals surface area contributed by atoms with E-state index in [4.69, 9.17) is 11.6 Å². The Morgan fingerprint density at radius 3 is 2.55 bits per heavy atom. The normalized spacial score (nSPS) is 17.1.